The molecule has 5 heterocycles. The van der Waals surface area contributed by atoms with Crippen molar-refractivity contribution in [3.8, 4) is 5.75 Å². The number of phenols is 1. The summed E-state index contributed by atoms with van der Waals surface area (Å²) in [4.78, 5) is 171. The Hall–Kier alpha value is -9.25. The number of aromatic hydroxyl groups is 1. The number of ketones is 8. The number of hydrogen-bond donors (Lipinski definition) is 10. The summed E-state index contributed by atoms with van der Waals surface area (Å²) in [6, 6.07) is 19.5. The van der Waals surface area contributed by atoms with Crippen LogP contribution in [-0.4, -0.2) is 137 Å². The summed E-state index contributed by atoms with van der Waals surface area (Å²) in [5, 5.41) is 36.1. The fraction of sp³-hybridized carbons (Fsp3) is 0.486. The summed E-state index contributed by atoms with van der Waals surface area (Å²) in [6.45, 7) is 3.52. The van der Waals surface area contributed by atoms with Gasteiger partial charge in [-0.25, -0.2) is 4.98 Å². The topological polar surface area (TPSA) is 392 Å². The lowest BCUT2D eigenvalue weighted by atomic mass is 9.77. The van der Waals surface area contributed by atoms with Crippen LogP contribution >= 0.6 is 0 Å². The molecule has 23 nitrogen and oxygen atoms in total. The van der Waals surface area contributed by atoms with Crippen LogP contribution in [0.15, 0.2) is 97.7 Å². The number of nitrogens with one attached hydrogen (secondary N) is 6. The first-order chi connectivity index (χ1) is 45.5. The zero-order valence-electron chi connectivity index (χ0n) is 54.2. The van der Waals surface area contributed by atoms with Gasteiger partial charge in [0.15, 0.2) is 17.5 Å². The largest absolute Gasteiger partial charge is 0.508 e. The number of benzene rings is 3. The van der Waals surface area contributed by atoms with E-state index >= 15 is 9.59 Å². The summed E-state index contributed by atoms with van der Waals surface area (Å²) in [7, 11) is 0. The predicted molar refractivity (Wildman–Crippen MR) is 355 cm³/mol. The first kappa shape index (κ1) is 71.6. The molecule has 0 unspecified atom stereocenters. The first-order valence-electron chi connectivity index (χ1n) is 33.2. The first-order valence-corrected chi connectivity index (χ1v) is 33.2. The van der Waals surface area contributed by atoms with Crippen LogP contribution in [0.25, 0.3) is 21.8 Å². The van der Waals surface area contributed by atoms with Gasteiger partial charge in [0.25, 0.3) is 0 Å². The van der Waals surface area contributed by atoms with Gasteiger partial charge in [0.1, 0.15) is 40.4 Å². The molecule has 2 fully saturated rings. The number of phenolic OH excluding ortho intramolecular Hbond substituents is 1. The Labute approximate surface area is 552 Å². The Balaban J connectivity index is 1.05. The van der Waals surface area contributed by atoms with Crippen molar-refractivity contribution in [3.63, 3.8) is 0 Å². The number of imidazole rings is 1. The van der Waals surface area contributed by atoms with E-state index in [2.05, 4.69) is 30.6 Å². The molecule has 2 aliphatic rings. The number of nitrogens with two attached hydrogens (primary N) is 2. The molecule has 23 heteroatoms. The number of carbonyl (C=O) groups excluding carboxylic acids is 11. The van der Waals surface area contributed by atoms with Gasteiger partial charge >= 0.3 is 0 Å². The molecule has 3 aromatic carbocycles. The fourth-order valence-corrected chi connectivity index (χ4v) is 13.7. The maximum absolute atomic E-state index is 15.4. The van der Waals surface area contributed by atoms with E-state index in [0.717, 1.165) is 32.9 Å². The van der Waals surface area contributed by atoms with Crippen LogP contribution in [0.4, 0.5) is 0 Å². The lowest BCUT2D eigenvalue weighted by Crippen LogP contribution is -2.44. The Kier molecular flexibility index (Phi) is 25.8. The Bertz CT molecular complexity index is 3720. The van der Waals surface area contributed by atoms with Gasteiger partial charge in [0.05, 0.1) is 25.0 Å². The third-order valence-corrected chi connectivity index (χ3v) is 18.9. The van der Waals surface area contributed by atoms with Crippen molar-refractivity contribution in [2.75, 3.05) is 19.7 Å². The van der Waals surface area contributed by atoms with E-state index in [1.54, 1.807) is 30.7 Å². The minimum Gasteiger partial charge on any atom is -0.508 e. The highest BCUT2D eigenvalue weighted by Gasteiger charge is 2.41. The van der Waals surface area contributed by atoms with Crippen molar-refractivity contribution >= 4 is 91.8 Å². The van der Waals surface area contributed by atoms with Crippen molar-refractivity contribution in [1.82, 2.24) is 35.5 Å². The van der Waals surface area contributed by atoms with Crippen LogP contribution in [0, 0.1) is 52.8 Å². The molecule has 2 saturated heterocycles. The molecule has 2 aliphatic heterocycles. The number of carbonyl (C=O) groups is 11. The quantitative estimate of drug-likeness (QED) is 0.0107. The number of rotatable bonds is 41. The van der Waals surface area contributed by atoms with Crippen molar-refractivity contribution in [2.45, 2.75) is 154 Å². The summed E-state index contributed by atoms with van der Waals surface area (Å²) in [6.07, 6.45) is 6.07. The van der Waals surface area contributed by atoms with E-state index in [9.17, 15) is 53.4 Å². The lowest BCUT2D eigenvalue weighted by Gasteiger charge is -2.29. The number of hydrogen-bond acceptors (Lipinski definition) is 15. The summed E-state index contributed by atoms with van der Waals surface area (Å²) >= 11 is 0. The number of guanidine groups is 1. The highest BCUT2D eigenvalue weighted by atomic mass is 16.3. The predicted octanol–water partition coefficient (Wildman–Crippen LogP) is 6.78. The number of primary amides is 1. The van der Waals surface area contributed by atoms with E-state index in [-0.39, 0.29) is 144 Å². The number of aromatic amines is 3. The van der Waals surface area contributed by atoms with Crippen molar-refractivity contribution in [3.05, 3.63) is 120 Å². The van der Waals surface area contributed by atoms with Crippen molar-refractivity contribution < 1.29 is 63.0 Å². The minimum atomic E-state index is -1.34. The van der Waals surface area contributed by atoms with Crippen LogP contribution in [0.5, 0.6) is 5.75 Å². The lowest BCUT2D eigenvalue weighted by molar-refractivity contribution is -0.143. The number of aliphatic hydroxyl groups is 1. The van der Waals surface area contributed by atoms with Crippen molar-refractivity contribution in [1.29, 1.82) is 5.41 Å². The third kappa shape index (κ3) is 20.4. The number of aromatic nitrogens is 4. The Morgan fingerprint density at radius 2 is 1.18 bits per heavy atom. The molecule has 506 valence electrons. The van der Waals surface area contributed by atoms with E-state index in [1.165, 1.54) is 23.4 Å². The van der Waals surface area contributed by atoms with Gasteiger partial charge in [-0.2, -0.15) is 0 Å². The maximum atomic E-state index is 15.4. The standard InChI is InChI=1S/C72H90N10O13/c1-42(2)25-45(62(86)30-44(9-7-23-77-72(74)75)71(95)82-24-8-14-60(82)61(85)20-21-69(73)93)31-64(88)47(27-50-37-78-57-12-5-3-10-55(50)57)33-63(87)46(26-43-15-17-54(84)18-16-43)32-67(91)52(40-83)36-66(90)48(28-51-38-79-58-13-6-4-11-56(51)58)34-65(89)49(29-53-39-76-41-80-53)35-68(92)59-19-22-70(94)81-59/h3-6,10-13,15-18,37-39,41-42,44-49,52,59-60,78-79,83-84H,7-9,14,19-36,40H2,1-2H3,(H2,73,93)(H,76,80)(H,81,94)(H4,74,75,77)/t44-,45-,46-,47-,48-,49-,52+,59+,60+/m1/s1. The van der Waals surface area contributed by atoms with Crippen molar-refractivity contribution in [2.24, 2.45) is 58.8 Å². The summed E-state index contributed by atoms with van der Waals surface area (Å²) in [5.41, 5.74) is 15.1. The van der Waals surface area contributed by atoms with Crippen LogP contribution in [0.1, 0.15) is 139 Å². The SMILES string of the molecule is CC(C)C[C@H](CC(=O)[C@@H](CC(=O)[C@@H](CC(=O)[C@H](CO)CC(=O)[C@@H](CC(=O)[C@@H](CC(=O)[C@@H]1CCC(=O)N1)Cc1cnc[nH]1)Cc1c[nH]c2ccccc12)Cc1ccc(O)cc1)Cc1c[nH]c2ccccc12)C(=O)C[C@@H](CCCNC(=N)N)C(=O)N1CCC[C@H]1C(=O)CCC(N)=O. The van der Waals surface area contributed by atoms with Gasteiger partial charge in [0.2, 0.25) is 17.7 Å². The molecule has 3 amide bonds. The zero-order valence-corrected chi connectivity index (χ0v) is 54.2. The van der Waals surface area contributed by atoms with E-state index < -0.39 is 114 Å². The molecule has 95 heavy (non-hydrogen) atoms. The Morgan fingerprint density at radius 1 is 0.642 bits per heavy atom. The molecule has 9 atom stereocenters. The molecule has 0 bridgehead atoms. The van der Waals surface area contributed by atoms with E-state index in [4.69, 9.17) is 16.9 Å². The molecule has 0 radical (unpaired) electrons. The molecule has 12 N–H and O–H groups in total. The zero-order chi connectivity index (χ0) is 68.3. The van der Waals surface area contributed by atoms with Gasteiger partial charge in [-0.1, -0.05) is 62.4 Å². The van der Waals surface area contributed by atoms with E-state index in [0.29, 0.717) is 36.9 Å². The second kappa shape index (κ2) is 34.2. The smallest absolute Gasteiger partial charge is 0.226 e. The van der Waals surface area contributed by atoms with Crippen LogP contribution in [0.2, 0.25) is 0 Å². The monoisotopic (exact) mass is 1300 g/mol. The van der Waals surface area contributed by atoms with Gasteiger partial charge < -0.3 is 52.2 Å². The average molecular weight is 1300 g/mol. The fourth-order valence-electron chi connectivity index (χ4n) is 13.7. The third-order valence-electron chi connectivity index (χ3n) is 18.9. The molecule has 8 rings (SSSR count). The maximum Gasteiger partial charge on any atom is 0.226 e. The molecule has 6 aromatic rings. The molecule has 0 saturated carbocycles. The molecule has 3 aromatic heterocycles. The van der Waals surface area contributed by atoms with E-state index in [1.807, 2.05) is 62.4 Å². The summed E-state index contributed by atoms with van der Waals surface area (Å²) in [5.74, 6) is -12.4. The van der Waals surface area contributed by atoms with Gasteiger partial charge in [-0.15, -0.1) is 0 Å². The van der Waals surface area contributed by atoms with Crippen LogP contribution < -0.4 is 22.1 Å². The highest BCUT2D eigenvalue weighted by molar-refractivity contribution is 6.00. The minimum absolute atomic E-state index is 0.0377. The number of amides is 3. The second-order valence-corrected chi connectivity index (χ2v) is 26.4. The van der Waals surface area contributed by atoms with Gasteiger partial charge in [-0.3, -0.25) is 58.1 Å². The average Bonchev–Trinajstić information content (AvgIpc) is 1.82. The molecule has 0 aliphatic carbocycles. The van der Waals surface area contributed by atoms with Crippen LogP contribution in [-0.2, 0) is 78.4 Å². The van der Waals surface area contributed by atoms with Gasteiger partial charge in [-0.05, 0) is 111 Å². The second-order valence-electron chi connectivity index (χ2n) is 26.4. The highest BCUT2D eigenvalue weighted by Crippen LogP contribution is 2.34. The number of likely N-dealkylation sites (tertiary alicyclic amines) is 1. The number of fused-ring (bicyclic) bond motifs is 2. The number of aliphatic hydroxyl groups excluding tert-OH is 1. The number of Topliss-reactive ketones (excluding diaryl/α,β-unsaturated/α-hetero) is 8. The molecular weight excluding hydrogens is 1210 g/mol. The normalized spacial score (nSPS) is 17.0. The number of H-pyrrole nitrogens is 3. The number of para-hydroxylation sites is 2. The Morgan fingerprint density at radius 3 is 1.72 bits per heavy atom. The van der Waals surface area contributed by atoms with Crippen LogP contribution in [0.3, 0.4) is 0 Å². The number of nitrogens with zero attached hydrogens (tertiary/aromatic N) is 2. The molecular formula is C72H90N10O13. The molecule has 0 spiro atoms. The van der Waals surface area contributed by atoms with Gasteiger partial charge in [0, 0.05) is 165 Å². The summed E-state index contributed by atoms with van der Waals surface area (Å²) < 4.78 is 0.